The molecule has 0 saturated heterocycles. The number of rotatable bonds is 4. The first-order chi connectivity index (χ1) is 9.31. The average Bonchev–Trinajstić information content (AvgIpc) is 2.73. The van der Waals surface area contributed by atoms with E-state index in [1.54, 1.807) is 13.0 Å². The highest BCUT2D eigenvalue weighted by Crippen LogP contribution is 2.22. The normalized spacial score (nSPS) is 18.5. The summed E-state index contributed by atoms with van der Waals surface area (Å²) in [5.74, 6) is -1.38. The molecule has 7 heteroatoms. The minimum atomic E-state index is -3.63. The number of hydrogen-bond acceptors (Lipinski definition) is 5. The van der Waals surface area contributed by atoms with Gasteiger partial charge in [0.1, 0.15) is 6.10 Å². The van der Waals surface area contributed by atoms with Crippen LogP contribution in [0.25, 0.3) is 0 Å². The van der Waals surface area contributed by atoms with Gasteiger partial charge in [0, 0.05) is 5.70 Å². The van der Waals surface area contributed by atoms with Gasteiger partial charge in [-0.1, -0.05) is 6.07 Å². The van der Waals surface area contributed by atoms with Gasteiger partial charge in [0.25, 0.3) is 0 Å². The molecule has 0 fully saturated rings. The third-order valence-corrected chi connectivity index (χ3v) is 4.92. The second kappa shape index (κ2) is 5.26. The molecular formula is C13H15NO5S. The van der Waals surface area contributed by atoms with E-state index in [9.17, 15) is 13.2 Å². The number of carboxylic acid groups (broad SMARTS) is 1. The summed E-state index contributed by atoms with van der Waals surface area (Å²) in [4.78, 5) is 16.2. The molecule has 0 radical (unpaired) electrons. The Bertz CT molecular complexity index is 678. The Hall–Kier alpha value is -1.86. The van der Waals surface area contributed by atoms with Crippen molar-refractivity contribution in [3.63, 3.8) is 0 Å². The minimum Gasteiger partial charge on any atom is -0.478 e. The maximum Gasteiger partial charge on any atom is 0.335 e. The lowest BCUT2D eigenvalue weighted by Crippen LogP contribution is -2.23. The Morgan fingerprint density at radius 1 is 1.40 bits per heavy atom. The molecule has 2 rings (SSSR count). The molecule has 108 valence electrons. The zero-order chi connectivity index (χ0) is 14.9. The average molecular weight is 297 g/mol. The number of sulfone groups is 1. The lowest BCUT2D eigenvalue weighted by atomic mass is 10.1. The van der Waals surface area contributed by atoms with Gasteiger partial charge >= 0.3 is 5.97 Å². The summed E-state index contributed by atoms with van der Waals surface area (Å²) in [7, 11) is -3.63. The van der Waals surface area contributed by atoms with Crippen LogP contribution in [0.4, 0.5) is 0 Å². The van der Waals surface area contributed by atoms with Crippen LogP contribution in [0.5, 0.6) is 0 Å². The molecule has 1 heterocycles. The molecule has 1 aromatic rings. The molecule has 0 aromatic heterocycles. The van der Waals surface area contributed by atoms with Gasteiger partial charge in [-0.15, -0.1) is 0 Å². The number of nitrogens with one attached hydrogen (secondary N) is 1. The van der Waals surface area contributed by atoms with Crippen molar-refractivity contribution in [1.82, 2.24) is 5.48 Å². The number of carboxylic acids is 1. The molecule has 2 N–H and O–H groups in total. The van der Waals surface area contributed by atoms with Gasteiger partial charge in [0.15, 0.2) is 9.84 Å². The van der Waals surface area contributed by atoms with Crippen LogP contribution in [0.3, 0.4) is 0 Å². The van der Waals surface area contributed by atoms with Crippen LogP contribution in [-0.2, 0) is 14.7 Å². The van der Waals surface area contributed by atoms with E-state index in [1.807, 2.05) is 0 Å². The molecule has 1 aliphatic heterocycles. The summed E-state index contributed by atoms with van der Waals surface area (Å²) >= 11 is 0. The Kier molecular flexibility index (Phi) is 3.82. The lowest BCUT2D eigenvalue weighted by molar-refractivity contribution is 0.0548. The fourth-order valence-corrected chi connectivity index (χ4v) is 3.73. The van der Waals surface area contributed by atoms with Gasteiger partial charge < -0.3 is 5.11 Å². The summed E-state index contributed by atoms with van der Waals surface area (Å²) in [6.07, 6.45) is 1.10. The van der Waals surface area contributed by atoms with Gasteiger partial charge in [-0.25, -0.2) is 13.2 Å². The van der Waals surface area contributed by atoms with Crippen LogP contribution in [0, 0.1) is 6.92 Å². The topological polar surface area (TPSA) is 92.7 Å². The van der Waals surface area contributed by atoms with E-state index in [0.29, 0.717) is 0 Å². The summed E-state index contributed by atoms with van der Waals surface area (Å²) in [5, 5.41) is 9.04. The smallest absolute Gasteiger partial charge is 0.335 e. The van der Waals surface area contributed by atoms with Crippen molar-refractivity contribution >= 4 is 15.8 Å². The molecule has 1 aromatic carbocycles. The van der Waals surface area contributed by atoms with E-state index in [0.717, 1.165) is 5.70 Å². The third-order valence-electron chi connectivity index (χ3n) is 3.04. The SMILES string of the molecule is CC1=CC(CS(=O)(=O)c2cccc(C(=O)O)c2C)ON1. The Balaban J connectivity index is 2.35. The van der Waals surface area contributed by atoms with Gasteiger partial charge in [-0.05, 0) is 37.6 Å². The molecule has 1 unspecified atom stereocenters. The number of aromatic carboxylic acids is 1. The molecule has 0 bridgehead atoms. The van der Waals surface area contributed by atoms with Crippen molar-refractivity contribution in [1.29, 1.82) is 0 Å². The molecule has 20 heavy (non-hydrogen) atoms. The number of carbonyl (C=O) groups is 1. The van der Waals surface area contributed by atoms with Crippen LogP contribution < -0.4 is 5.48 Å². The highest BCUT2D eigenvalue weighted by molar-refractivity contribution is 7.91. The van der Waals surface area contributed by atoms with Crippen molar-refractivity contribution in [3.05, 3.63) is 41.1 Å². The Morgan fingerprint density at radius 3 is 2.65 bits per heavy atom. The first-order valence-corrected chi connectivity index (χ1v) is 7.62. The lowest BCUT2D eigenvalue weighted by Gasteiger charge is -2.12. The quantitative estimate of drug-likeness (QED) is 0.869. The van der Waals surface area contributed by atoms with Crippen LogP contribution in [0.1, 0.15) is 22.8 Å². The van der Waals surface area contributed by atoms with Crippen molar-refractivity contribution in [2.45, 2.75) is 24.8 Å². The molecule has 1 atom stereocenters. The zero-order valence-electron chi connectivity index (χ0n) is 11.1. The van der Waals surface area contributed by atoms with E-state index in [-0.39, 0.29) is 21.8 Å². The monoisotopic (exact) mass is 297 g/mol. The third kappa shape index (κ3) is 2.83. The Labute approximate surface area is 116 Å². The predicted molar refractivity (Wildman–Crippen MR) is 72.0 cm³/mol. The van der Waals surface area contributed by atoms with E-state index in [1.165, 1.54) is 25.1 Å². The highest BCUT2D eigenvalue weighted by atomic mass is 32.2. The number of benzene rings is 1. The molecular weight excluding hydrogens is 282 g/mol. The molecule has 6 nitrogen and oxygen atoms in total. The van der Waals surface area contributed by atoms with E-state index >= 15 is 0 Å². The first kappa shape index (κ1) is 14.5. The van der Waals surface area contributed by atoms with Crippen molar-refractivity contribution < 1.29 is 23.2 Å². The van der Waals surface area contributed by atoms with Gasteiger partial charge in [0.2, 0.25) is 0 Å². The fourth-order valence-electron chi connectivity index (χ4n) is 2.09. The maximum atomic E-state index is 12.4. The van der Waals surface area contributed by atoms with Gasteiger partial charge in [0.05, 0.1) is 16.2 Å². The molecule has 0 spiro atoms. The number of hydrogen-bond donors (Lipinski definition) is 2. The minimum absolute atomic E-state index is 0.0109. The standard InChI is InChI=1S/C13H15NO5S/c1-8-6-10(19-14-8)7-20(17,18)12-5-3-4-11(9(12)2)13(15)16/h3-6,10,14H,7H2,1-2H3,(H,15,16). The molecule has 1 aliphatic rings. The summed E-state index contributed by atoms with van der Waals surface area (Å²) in [5.41, 5.74) is 3.57. The second-order valence-corrected chi connectivity index (χ2v) is 6.63. The van der Waals surface area contributed by atoms with Crippen molar-refractivity contribution in [2.24, 2.45) is 0 Å². The van der Waals surface area contributed by atoms with E-state index in [2.05, 4.69) is 5.48 Å². The van der Waals surface area contributed by atoms with Crippen LogP contribution in [0.2, 0.25) is 0 Å². The maximum absolute atomic E-state index is 12.4. The summed E-state index contributed by atoms with van der Waals surface area (Å²) in [6, 6.07) is 4.22. The Morgan fingerprint density at radius 2 is 2.10 bits per heavy atom. The predicted octanol–water partition coefficient (Wildman–Crippen LogP) is 1.27. The van der Waals surface area contributed by atoms with Gasteiger partial charge in [-0.3, -0.25) is 10.3 Å². The second-order valence-electron chi connectivity index (χ2n) is 4.62. The summed E-state index contributed by atoms with van der Waals surface area (Å²) < 4.78 is 24.7. The number of hydroxylamine groups is 1. The number of allylic oxidation sites excluding steroid dienone is 1. The van der Waals surface area contributed by atoms with Crippen LogP contribution in [0.15, 0.2) is 34.9 Å². The first-order valence-electron chi connectivity index (χ1n) is 5.97. The molecule has 0 amide bonds. The highest BCUT2D eigenvalue weighted by Gasteiger charge is 2.26. The largest absolute Gasteiger partial charge is 0.478 e. The zero-order valence-corrected chi connectivity index (χ0v) is 11.9. The van der Waals surface area contributed by atoms with Crippen molar-refractivity contribution in [3.8, 4) is 0 Å². The van der Waals surface area contributed by atoms with Crippen molar-refractivity contribution in [2.75, 3.05) is 5.75 Å². The molecule has 0 saturated carbocycles. The van der Waals surface area contributed by atoms with E-state index < -0.39 is 21.9 Å². The van der Waals surface area contributed by atoms with Crippen LogP contribution in [-0.4, -0.2) is 31.4 Å². The van der Waals surface area contributed by atoms with Gasteiger partial charge in [-0.2, -0.15) is 0 Å². The fraction of sp³-hybridized carbons (Fsp3) is 0.308. The van der Waals surface area contributed by atoms with E-state index in [4.69, 9.17) is 9.94 Å². The van der Waals surface area contributed by atoms with Crippen LogP contribution >= 0.6 is 0 Å². The summed E-state index contributed by atoms with van der Waals surface area (Å²) in [6.45, 7) is 3.26. The molecule has 0 aliphatic carbocycles.